The van der Waals surface area contributed by atoms with Crippen LogP contribution in [0.2, 0.25) is 0 Å². The van der Waals surface area contributed by atoms with E-state index < -0.39 is 6.10 Å². The van der Waals surface area contributed by atoms with Crippen LogP contribution in [0.25, 0.3) is 0 Å². The van der Waals surface area contributed by atoms with E-state index in [1.165, 1.54) is 0 Å². The summed E-state index contributed by atoms with van der Waals surface area (Å²) in [5.41, 5.74) is 0.866. The molecule has 2 aliphatic rings. The fraction of sp³-hybridized carbons (Fsp3) is 0.500. The van der Waals surface area contributed by atoms with Gasteiger partial charge in [0, 0.05) is 19.6 Å². The van der Waals surface area contributed by atoms with Gasteiger partial charge in [-0.2, -0.15) is 0 Å². The van der Waals surface area contributed by atoms with Crippen LogP contribution < -0.4 is 0 Å². The Balaban J connectivity index is 1.75. The number of carbonyl (C=O) groups is 1. The number of piperidine rings is 1. The first-order valence-electron chi connectivity index (χ1n) is 8.01. The molecule has 118 valence electrons. The number of hydrogen-bond acceptors (Lipinski definition) is 3. The lowest BCUT2D eigenvalue weighted by Crippen LogP contribution is -2.56. The standard InChI is InChI=1S/C18H24N2O2/c1-13(17(21)14-7-4-3-5-8-14)20-12-10-16-15(18(20)22)9-6-11-19(16)2/h3-8,11,13,15-17,21H,9-10,12H2,1-2H3/t13-,15?,16?,17-/m0/s1. The molecule has 22 heavy (non-hydrogen) atoms. The van der Waals surface area contributed by atoms with E-state index >= 15 is 0 Å². The Morgan fingerprint density at radius 3 is 2.73 bits per heavy atom. The number of fused-ring (bicyclic) bond motifs is 1. The summed E-state index contributed by atoms with van der Waals surface area (Å²) < 4.78 is 0. The third kappa shape index (κ3) is 2.63. The van der Waals surface area contributed by atoms with Crippen molar-refractivity contribution < 1.29 is 9.90 Å². The van der Waals surface area contributed by atoms with Gasteiger partial charge in [0.05, 0.1) is 18.1 Å². The lowest BCUT2D eigenvalue weighted by atomic mass is 9.84. The Bertz CT molecular complexity index is 557. The highest BCUT2D eigenvalue weighted by Gasteiger charge is 2.41. The summed E-state index contributed by atoms with van der Waals surface area (Å²) >= 11 is 0. The Labute approximate surface area is 132 Å². The van der Waals surface area contributed by atoms with Crippen LogP contribution in [0.5, 0.6) is 0 Å². The lowest BCUT2D eigenvalue weighted by Gasteiger charge is -2.46. The first-order valence-corrected chi connectivity index (χ1v) is 8.01. The van der Waals surface area contributed by atoms with Gasteiger partial charge in [-0.25, -0.2) is 0 Å². The number of hydrogen-bond donors (Lipinski definition) is 1. The zero-order valence-corrected chi connectivity index (χ0v) is 13.2. The van der Waals surface area contributed by atoms with Gasteiger partial charge < -0.3 is 14.9 Å². The molecule has 4 heteroatoms. The molecule has 2 unspecified atom stereocenters. The van der Waals surface area contributed by atoms with Crippen LogP contribution in [0.4, 0.5) is 0 Å². The molecule has 2 heterocycles. The summed E-state index contributed by atoms with van der Waals surface area (Å²) in [4.78, 5) is 16.9. The van der Waals surface area contributed by atoms with E-state index in [4.69, 9.17) is 0 Å². The summed E-state index contributed by atoms with van der Waals surface area (Å²) in [6, 6.07) is 9.69. The molecular weight excluding hydrogens is 276 g/mol. The van der Waals surface area contributed by atoms with Crippen LogP contribution in [0, 0.1) is 5.92 Å². The SMILES string of the molecule is C[C@@H]([C@H](O)c1ccccc1)N1CCC2C(CC=CN2C)C1=O. The third-order valence-corrected chi connectivity index (χ3v) is 5.07. The highest BCUT2D eigenvalue weighted by atomic mass is 16.3. The molecule has 2 aliphatic heterocycles. The van der Waals surface area contributed by atoms with Crippen LogP contribution in [-0.2, 0) is 4.79 Å². The Morgan fingerprint density at radius 2 is 2.00 bits per heavy atom. The Hall–Kier alpha value is -1.81. The average molecular weight is 300 g/mol. The van der Waals surface area contributed by atoms with Crippen molar-refractivity contribution in [1.29, 1.82) is 0 Å². The van der Waals surface area contributed by atoms with Crippen molar-refractivity contribution in [2.24, 2.45) is 5.92 Å². The zero-order chi connectivity index (χ0) is 15.7. The molecule has 1 amide bonds. The summed E-state index contributed by atoms with van der Waals surface area (Å²) in [5, 5.41) is 10.6. The largest absolute Gasteiger partial charge is 0.386 e. The lowest BCUT2D eigenvalue weighted by molar-refractivity contribution is -0.147. The van der Waals surface area contributed by atoms with Crippen LogP contribution in [0.3, 0.4) is 0 Å². The van der Waals surface area contributed by atoms with Crippen LogP contribution >= 0.6 is 0 Å². The predicted octanol–water partition coefficient (Wildman–Crippen LogP) is 2.17. The van der Waals surface area contributed by atoms with Crippen LogP contribution in [0.15, 0.2) is 42.6 Å². The predicted molar refractivity (Wildman–Crippen MR) is 86.0 cm³/mol. The number of amides is 1. The molecule has 0 aromatic heterocycles. The monoisotopic (exact) mass is 300 g/mol. The molecule has 1 fully saturated rings. The number of allylic oxidation sites excluding steroid dienone is 1. The van der Waals surface area contributed by atoms with Crippen molar-refractivity contribution >= 4 is 5.91 Å². The minimum atomic E-state index is -0.640. The van der Waals surface area contributed by atoms with E-state index in [-0.39, 0.29) is 17.9 Å². The van der Waals surface area contributed by atoms with Gasteiger partial charge in [0.2, 0.25) is 5.91 Å². The second-order valence-corrected chi connectivity index (χ2v) is 6.38. The van der Waals surface area contributed by atoms with Crippen molar-refractivity contribution in [1.82, 2.24) is 9.80 Å². The molecule has 4 atom stereocenters. The maximum atomic E-state index is 12.8. The first-order chi connectivity index (χ1) is 10.6. The Kier molecular flexibility index (Phi) is 4.21. The number of aliphatic hydroxyl groups is 1. The summed E-state index contributed by atoms with van der Waals surface area (Å²) in [6.07, 6.45) is 5.27. The van der Waals surface area contributed by atoms with E-state index in [2.05, 4.69) is 17.2 Å². The van der Waals surface area contributed by atoms with Gasteiger partial charge in [0.1, 0.15) is 0 Å². The van der Waals surface area contributed by atoms with E-state index in [1.54, 1.807) is 0 Å². The molecule has 1 saturated heterocycles. The van der Waals surface area contributed by atoms with Gasteiger partial charge in [0.25, 0.3) is 0 Å². The zero-order valence-electron chi connectivity index (χ0n) is 13.2. The highest BCUT2D eigenvalue weighted by Crippen LogP contribution is 2.32. The molecule has 3 rings (SSSR count). The first kappa shape index (κ1) is 15.1. The molecule has 0 saturated carbocycles. The van der Waals surface area contributed by atoms with E-state index in [0.29, 0.717) is 12.6 Å². The number of benzene rings is 1. The van der Waals surface area contributed by atoms with E-state index in [0.717, 1.165) is 18.4 Å². The normalized spacial score (nSPS) is 27.5. The highest BCUT2D eigenvalue weighted by molar-refractivity contribution is 5.81. The molecule has 0 radical (unpaired) electrons. The van der Waals surface area contributed by atoms with Crippen molar-refractivity contribution in [2.45, 2.75) is 38.0 Å². The fourth-order valence-electron chi connectivity index (χ4n) is 3.69. The van der Waals surface area contributed by atoms with E-state index in [9.17, 15) is 9.90 Å². The van der Waals surface area contributed by atoms with E-state index in [1.807, 2.05) is 49.2 Å². The summed E-state index contributed by atoms with van der Waals surface area (Å²) in [7, 11) is 2.04. The summed E-state index contributed by atoms with van der Waals surface area (Å²) in [6.45, 7) is 2.65. The quantitative estimate of drug-likeness (QED) is 0.930. The smallest absolute Gasteiger partial charge is 0.228 e. The molecule has 0 spiro atoms. The van der Waals surface area contributed by atoms with Crippen molar-refractivity contribution in [2.75, 3.05) is 13.6 Å². The van der Waals surface area contributed by atoms with Crippen molar-refractivity contribution in [3.05, 3.63) is 48.2 Å². The van der Waals surface area contributed by atoms with Gasteiger partial charge in [-0.15, -0.1) is 0 Å². The second kappa shape index (κ2) is 6.13. The van der Waals surface area contributed by atoms with Gasteiger partial charge >= 0.3 is 0 Å². The van der Waals surface area contributed by atoms with Crippen LogP contribution in [-0.4, -0.2) is 46.5 Å². The molecule has 1 aromatic rings. The molecule has 0 aliphatic carbocycles. The summed E-state index contributed by atoms with van der Waals surface area (Å²) in [5.74, 6) is 0.198. The number of carbonyl (C=O) groups excluding carboxylic acids is 1. The second-order valence-electron chi connectivity index (χ2n) is 6.38. The van der Waals surface area contributed by atoms with Gasteiger partial charge in [-0.05, 0) is 31.5 Å². The topological polar surface area (TPSA) is 43.8 Å². The van der Waals surface area contributed by atoms with Crippen LogP contribution in [0.1, 0.15) is 31.4 Å². The number of aliphatic hydroxyl groups excluding tert-OH is 1. The van der Waals surface area contributed by atoms with Gasteiger partial charge in [-0.3, -0.25) is 4.79 Å². The molecule has 0 bridgehead atoms. The average Bonchev–Trinajstić information content (AvgIpc) is 2.55. The molecular formula is C18H24N2O2. The molecule has 1 N–H and O–H groups in total. The van der Waals surface area contributed by atoms with Gasteiger partial charge in [-0.1, -0.05) is 36.4 Å². The minimum Gasteiger partial charge on any atom is -0.386 e. The molecule has 1 aromatic carbocycles. The molecule has 4 nitrogen and oxygen atoms in total. The van der Waals surface area contributed by atoms with Gasteiger partial charge in [0.15, 0.2) is 0 Å². The number of likely N-dealkylation sites (tertiary alicyclic amines) is 1. The maximum Gasteiger partial charge on any atom is 0.228 e. The number of rotatable bonds is 3. The van der Waals surface area contributed by atoms with Crippen molar-refractivity contribution in [3.8, 4) is 0 Å². The maximum absolute atomic E-state index is 12.8. The van der Waals surface area contributed by atoms with Crippen molar-refractivity contribution in [3.63, 3.8) is 0 Å². The fourth-order valence-corrected chi connectivity index (χ4v) is 3.69. The Morgan fingerprint density at radius 1 is 1.27 bits per heavy atom. The minimum absolute atomic E-state index is 0.0224. The third-order valence-electron chi connectivity index (χ3n) is 5.07. The number of nitrogens with zero attached hydrogens (tertiary/aromatic N) is 2.